The number of fused-ring (bicyclic) bond motifs is 1. The lowest BCUT2D eigenvalue weighted by Gasteiger charge is -2.21. The average molecular weight is 255 g/mol. The van der Waals surface area contributed by atoms with E-state index in [1.807, 2.05) is 12.1 Å². The number of benzene rings is 2. The normalized spacial score (nSPS) is 13.3. The van der Waals surface area contributed by atoms with Crippen molar-refractivity contribution in [3.05, 3.63) is 48.0 Å². The Bertz CT molecular complexity index is 595. The van der Waals surface area contributed by atoms with E-state index in [9.17, 15) is 0 Å². The van der Waals surface area contributed by atoms with E-state index in [0.717, 1.165) is 30.2 Å². The van der Waals surface area contributed by atoms with E-state index in [2.05, 4.69) is 35.2 Å². The number of hydrogen-bond donors (Lipinski definition) is 0. The molecule has 0 unspecified atom stereocenters. The van der Waals surface area contributed by atoms with Crippen molar-refractivity contribution in [2.24, 2.45) is 0 Å². The van der Waals surface area contributed by atoms with E-state index in [4.69, 9.17) is 9.47 Å². The smallest absolute Gasteiger partial charge is 0.162 e. The Labute approximate surface area is 113 Å². The van der Waals surface area contributed by atoms with E-state index in [0.29, 0.717) is 0 Å². The van der Waals surface area contributed by atoms with Gasteiger partial charge in [-0.05, 0) is 30.2 Å². The number of rotatable bonds is 3. The van der Waals surface area contributed by atoms with Crippen LogP contribution in [0.3, 0.4) is 0 Å². The second-order valence-corrected chi connectivity index (χ2v) is 4.57. The van der Waals surface area contributed by atoms with Gasteiger partial charge in [0.2, 0.25) is 0 Å². The minimum Gasteiger partial charge on any atom is -0.493 e. The molecule has 0 spiro atoms. The van der Waals surface area contributed by atoms with Crippen LogP contribution in [0.5, 0.6) is 11.5 Å². The molecule has 3 heteroatoms. The summed E-state index contributed by atoms with van der Waals surface area (Å²) >= 11 is 0. The van der Waals surface area contributed by atoms with Gasteiger partial charge in [-0.15, -0.1) is 0 Å². The van der Waals surface area contributed by atoms with Crippen molar-refractivity contribution < 1.29 is 9.47 Å². The first-order valence-electron chi connectivity index (χ1n) is 6.41. The van der Waals surface area contributed by atoms with Crippen LogP contribution in [0, 0.1) is 0 Å². The minimum atomic E-state index is 0.763. The van der Waals surface area contributed by atoms with E-state index in [-0.39, 0.29) is 0 Å². The highest BCUT2D eigenvalue weighted by Gasteiger charge is 2.20. The van der Waals surface area contributed by atoms with E-state index in [1.54, 1.807) is 14.2 Å². The summed E-state index contributed by atoms with van der Waals surface area (Å²) in [5, 5.41) is 0. The number of ether oxygens (including phenoxy) is 2. The number of nitrogens with zero attached hydrogens (tertiary/aromatic N) is 1. The van der Waals surface area contributed by atoms with Gasteiger partial charge < -0.3 is 14.4 Å². The topological polar surface area (TPSA) is 21.7 Å². The van der Waals surface area contributed by atoms with Gasteiger partial charge in [0.1, 0.15) is 0 Å². The zero-order valence-corrected chi connectivity index (χ0v) is 11.2. The molecule has 19 heavy (non-hydrogen) atoms. The highest BCUT2D eigenvalue weighted by atomic mass is 16.5. The molecule has 0 saturated carbocycles. The second-order valence-electron chi connectivity index (χ2n) is 4.57. The largest absolute Gasteiger partial charge is 0.493 e. The lowest BCUT2D eigenvalue weighted by Crippen LogP contribution is -2.13. The molecule has 98 valence electrons. The standard InChI is InChI=1S/C16H17NO2/c1-18-15-8-7-13(11-16(15)19-2)17-10-9-12-5-3-4-6-14(12)17/h3-8,11H,9-10H2,1-2H3. The molecule has 3 nitrogen and oxygen atoms in total. The van der Waals surface area contributed by atoms with Gasteiger partial charge in [0, 0.05) is 24.0 Å². The Morgan fingerprint density at radius 2 is 1.74 bits per heavy atom. The number of para-hydroxylation sites is 1. The first-order chi connectivity index (χ1) is 9.33. The molecule has 2 aromatic carbocycles. The lowest BCUT2D eigenvalue weighted by molar-refractivity contribution is 0.355. The fourth-order valence-corrected chi connectivity index (χ4v) is 2.60. The zero-order valence-electron chi connectivity index (χ0n) is 11.2. The number of methoxy groups -OCH3 is 2. The highest BCUT2D eigenvalue weighted by molar-refractivity contribution is 5.71. The van der Waals surface area contributed by atoms with Crippen molar-refractivity contribution in [3.63, 3.8) is 0 Å². The van der Waals surface area contributed by atoms with Crippen molar-refractivity contribution in [1.29, 1.82) is 0 Å². The molecule has 0 atom stereocenters. The first kappa shape index (κ1) is 11.9. The molecule has 0 N–H and O–H groups in total. The Morgan fingerprint density at radius 3 is 2.53 bits per heavy atom. The van der Waals surface area contributed by atoms with Crippen molar-refractivity contribution in [2.75, 3.05) is 25.7 Å². The van der Waals surface area contributed by atoms with Crippen molar-refractivity contribution >= 4 is 11.4 Å². The van der Waals surface area contributed by atoms with Gasteiger partial charge in [0.25, 0.3) is 0 Å². The summed E-state index contributed by atoms with van der Waals surface area (Å²) in [6, 6.07) is 14.6. The van der Waals surface area contributed by atoms with Crippen molar-refractivity contribution in [2.45, 2.75) is 6.42 Å². The van der Waals surface area contributed by atoms with Gasteiger partial charge in [-0.1, -0.05) is 18.2 Å². The molecule has 0 saturated heterocycles. The Balaban J connectivity index is 2.00. The quantitative estimate of drug-likeness (QED) is 0.839. The van der Waals surface area contributed by atoms with Crippen LogP contribution in [-0.2, 0) is 6.42 Å². The minimum absolute atomic E-state index is 0.763. The average Bonchev–Trinajstić information content (AvgIpc) is 2.90. The maximum absolute atomic E-state index is 5.37. The summed E-state index contributed by atoms with van der Waals surface area (Å²) in [5.74, 6) is 1.53. The molecular formula is C16H17NO2. The van der Waals surface area contributed by atoms with Gasteiger partial charge in [0.15, 0.2) is 11.5 Å². The molecule has 0 aliphatic carbocycles. The fourth-order valence-electron chi connectivity index (χ4n) is 2.60. The first-order valence-corrected chi connectivity index (χ1v) is 6.41. The summed E-state index contributed by atoms with van der Waals surface area (Å²) in [7, 11) is 3.32. The second kappa shape index (κ2) is 4.84. The molecule has 0 fully saturated rings. The van der Waals surface area contributed by atoms with Crippen LogP contribution < -0.4 is 14.4 Å². The molecule has 0 bridgehead atoms. The summed E-state index contributed by atoms with van der Waals surface area (Å²) in [6.07, 6.45) is 1.09. The molecule has 3 rings (SSSR count). The van der Waals surface area contributed by atoms with E-state index >= 15 is 0 Å². The van der Waals surface area contributed by atoms with Gasteiger partial charge in [0.05, 0.1) is 14.2 Å². The van der Waals surface area contributed by atoms with Crippen LogP contribution in [0.2, 0.25) is 0 Å². The van der Waals surface area contributed by atoms with Gasteiger partial charge in [-0.2, -0.15) is 0 Å². The zero-order chi connectivity index (χ0) is 13.2. The summed E-state index contributed by atoms with van der Waals surface area (Å²) in [6.45, 7) is 1.01. The molecule has 0 amide bonds. The SMILES string of the molecule is COc1ccc(N2CCc3ccccc32)cc1OC. The Hall–Kier alpha value is -2.16. The predicted octanol–water partition coefficient (Wildman–Crippen LogP) is 3.40. The van der Waals surface area contributed by atoms with E-state index < -0.39 is 0 Å². The number of hydrogen-bond acceptors (Lipinski definition) is 3. The van der Waals surface area contributed by atoms with Crippen LogP contribution in [0.1, 0.15) is 5.56 Å². The molecule has 2 aromatic rings. The highest BCUT2D eigenvalue weighted by Crippen LogP contribution is 2.38. The fraction of sp³-hybridized carbons (Fsp3) is 0.250. The summed E-state index contributed by atoms with van der Waals surface area (Å²) in [4.78, 5) is 2.32. The van der Waals surface area contributed by atoms with Crippen molar-refractivity contribution in [1.82, 2.24) is 0 Å². The summed E-state index contributed by atoms with van der Waals surface area (Å²) < 4.78 is 10.7. The van der Waals surface area contributed by atoms with Crippen LogP contribution in [0.4, 0.5) is 11.4 Å². The van der Waals surface area contributed by atoms with Crippen molar-refractivity contribution in [3.8, 4) is 11.5 Å². The molecule has 1 aliphatic rings. The Kier molecular flexibility index (Phi) is 3.03. The maximum atomic E-state index is 5.37. The van der Waals surface area contributed by atoms with Crippen LogP contribution in [0.25, 0.3) is 0 Å². The molecule has 0 radical (unpaired) electrons. The molecular weight excluding hydrogens is 238 g/mol. The monoisotopic (exact) mass is 255 g/mol. The van der Waals surface area contributed by atoms with Gasteiger partial charge >= 0.3 is 0 Å². The Morgan fingerprint density at radius 1 is 0.947 bits per heavy atom. The number of anilines is 2. The van der Waals surface area contributed by atoms with Crippen LogP contribution >= 0.6 is 0 Å². The third-order valence-corrected chi connectivity index (χ3v) is 3.57. The summed E-state index contributed by atoms with van der Waals surface area (Å²) in [5.41, 5.74) is 3.83. The predicted molar refractivity (Wildman–Crippen MR) is 76.7 cm³/mol. The molecule has 1 heterocycles. The van der Waals surface area contributed by atoms with Crippen LogP contribution in [0.15, 0.2) is 42.5 Å². The van der Waals surface area contributed by atoms with Crippen LogP contribution in [-0.4, -0.2) is 20.8 Å². The third-order valence-electron chi connectivity index (χ3n) is 3.57. The molecule has 0 aromatic heterocycles. The van der Waals surface area contributed by atoms with E-state index in [1.165, 1.54) is 11.3 Å². The van der Waals surface area contributed by atoms with Gasteiger partial charge in [-0.3, -0.25) is 0 Å². The lowest BCUT2D eigenvalue weighted by atomic mass is 10.2. The molecule has 1 aliphatic heterocycles. The van der Waals surface area contributed by atoms with Gasteiger partial charge in [-0.25, -0.2) is 0 Å². The third kappa shape index (κ3) is 2.01. The maximum Gasteiger partial charge on any atom is 0.162 e.